The normalized spacial score (nSPS) is 14.6. The first kappa shape index (κ1) is 20.9. The Morgan fingerprint density at radius 1 is 1.00 bits per heavy atom. The van der Waals surface area contributed by atoms with E-state index in [2.05, 4.69) is 20.2 Å². The summed E-state index contributed by atoms with van der Waals surface area (Å²) in [4.78, 5) is 16.8. The average molecular weight is 442 g/mol. The Labute approximate surface area is 180 Å². The number of rotatable bonds is 6. The molecule has 162 valence electrons. The number of nitrogens with zero attached hydrogens (tertiary/aromatic N) is 6. The molecule has 0 aliphatic carbocycles. The highest BCUT2D eigenvalue weighted by atomic mass is 32.2. The number of para-hydroxylation sites is 1. The van der Waals surface area contributed by atoms with Crippen molar-refractivity contribution < 1.29 is 13.2 Å². The molecule has 0 atom stereocenters. The van der Waals surface area contributed by atoms with Crippen LogP contribution >= 0.6 is 0 Å². The second-order valence-corrected chi connectivity index (χ2v) is 8.80. The van der Waals surface area contributed by atoms with E-state index in [0.717, 1.165) is 5.69 Å². The van der Waals surface area contributed by atoms with Gasteiger partial charge >= 0.3 is 0 Å². The smallest absolute Gasteiger partial charge is 0.253 e. The van der Waals surface area contributed by atoms with E-state index in [4.69, 9.17) is 0 Å². The van der Waals surface area contributed by atoms with Crippen LogP contribution in [0.15, 0.2) is 59.5 Å². The maximum absolute atomic E-state index is 12.9. The number of carbonyl (C=O) groups excluding carboxylic acids is 1. The Kier molecular flexibility index (Phi) is 5.96. The first-order valence-electron chi connectivity index (χ1n) is 9.97. The largest absolute Gasteiger partial charge is 0.336 e. The molecule has 0 unspecified atom stereocenters. The highest BCUT2D eigenvalue weighted by molar-refractivity contribution is 7.89. The number of anilines is 1. The fraction of sp³-hybridized carbons (Fsp3) is 0.300. The third-order valence-electron chi connectivity index (χ3n) is 5.05. The molecule has 1 aliphatic rings. The lowest BCUT2D eigenvalue weighted by Crippen LogP contribution is -2.49. The predicted octanol–water partition coefficient (Wildman–Crippen LogP) is 0.923. The zero-order chi connectivity index (χ0) is 21.8. The molecule has 1 fully saturated rings. The molecule has 0 bridgehead atoms. The predicted molar refractivity (Wildman–Crippen MR) is 115 cm³/mol. The summed E-state index contributed by atoms with van der Waals surface area (Å²) < 4.78 is 28.2. The Balaban J connectivity index is 1.42. The van der Waals surface area contributed by atoms with Gasteiger partial charge in [-0.15, -0.1) is 0 Å². The lowest BCUT2D eigenvalue weighted by molar-refractivity contribution is 0.0746. The Morgan fingerprint density at radius 2 is 1.68 bits per heavy atom. The summed E-state index contributed by atoms with van der Waals surface area (Å²) in [6.07, 6.45) is 0. The molecule has 1 N–H and O–H groups in total. The van der Waals surface area contributed by atoms with Gasteiger partial charge in [0.15, 0.2) is 0 Å². The molecule has 2 aromatic carbocycles. The second-order valence-electron chi connectivity index (χ2n) is 7.03. The van der Waals surface area contributed by atoms with Crippen LogP contribution in [0.5, 0.6) is 0 Å². The van der Waals surface area contributed by atoms with Crippen molar-refractivity contribution in [2.24, 2.45) is 0 Å². The molecule has 10 nitrogen and oxygen atoms in total. The molecule has 3 aromatic rings. The summed E-state index contributed by atoms with van der Waals surface area (Å²) in [5.74, 6) is 0.506. The van der Waals surface area contributed by atoms with Crippen molar-refractivity contribution in [3.63, 3.8) is 0 Å². The first-order chi connectivity index (χ1) is 15.0. The van der Waals surface area contributed by atoms with Crippen LogP contribution in [-0.4, -0.2) is 72.2 Å². The van der Waals surface area contributed by atoms with Crippen LogP contribution in [0, 0.1) is 0 Å². The molecular formula is C20H23N7O3S. The van der Waals surface area contributed by atoms with Gasteiger partial charge in [0.2, 0.25) is 16.0 Å². The van der Waals surface area contributed by atoms with Crippen LogP contribution in [0.4, 0.5) is 5.95 Å². The summed E-state index contributed by atoms with van der Waals surface area (Å²) in [7, 11) is -3.54. The van der Waals surface area contributed by atoms with Gasteiger partial charge in [-0.05, 0) is 46.8 Å². The molecule has 1 amide bonds. The third kappa shape index (κ3) is 4.42. The molecule has 31 heavy (non-hydrogen) atoms. The van der Waals surface area contributed by atoms with Crippen molar-refractivity contribution >= 4 is 21.9 Å². The molecule has 1 aromatic heterocycles. The Hall–Kier alpha value is -3.31. The SMILES string of the molecule is CCNS(=O)(=O)c1ccc(C(=O)N2CCN(c3nnnn3-c3ccccc3)CC2)cc1. The van der Waals surface area contributed by atoms with Gasteiger partial charge in [-0.2, -0.15) is 4.68 Å². The number of sulfonamides is 1. The number of amides is 1. The zero-order valence-corrected chi connectivity index (χ0v) is 17.9. The summed E-state index contributed by atoms with van der Waals surface area (Å²) in [6, 6.07) is 15.6. The van der Waals surface area contributed by atoms with Crippen LogP contribution in [0.3, 0.4) is 0 Å². The molecule has 1 aliphatic heterocycles. The van der Waals surface area contributed by atoms with Crippen LogP contribution in [0.25, 0.3) is 5.69 Å². The maximum Gasteiger partial charge on any atom is 0.253 e. The van der Waals surface area contributed by atoms with Gasteiger partial charge in [0.05, 0.1) is 10.6 Å². The van der Waals surface area contributed by atoms with Gasteiger partial charge in [-0.1, -0.05) is 30.2 Å². The fourth-order valence-electron chi connectivity index (χ4n) is 3.46. The number of aromatic nitrogens is 4. The topological polar surface area (TPSA) is 113 Å². The summed E-state index contributed by atoms with van der Waals surface area (Å²) >= 11 is 0. The van der Waals surface area contributed by atoms with Gasteiger partial charge in [-0.25, -0.2) is 13.1 Å². The Morgan fingerprint density at radius 3 is 2.32 bits per heavy atom. The van der Waals surface area contributed by atoms with E-state index in [1.54, 1.807) is 28.6 Å². The van der Waals surface area contributed by atoms with E-state index < -0.39 is 10.0 Å². The second kappa shape index (κ2) is 8.82. The number of carbonyl (C=O) groups is 1. The molecule has 1 saturated heterocycles. The lowest BCUT2D eigenvalue weighted by atomic mass is 10.2. The number of nitrogens with one attached hydrogen (secondary N) is 1. The first-order valence-corrected chi connectivity index (χ1v) is 11.5. The number of hydrogen-bond acceptors (Lipinski definition) is 7. The minimum absolute atomic E-state index is 0.130. The Bertz CT molecular complexity index is 1140. The van der Waals surface area contributed by atoms with Crippen molar-refractivity contribution in [3.8, 4) is 5.69 Å². The van der Waals surface area contributed by atoms with Gasteiger partial charge < -0.3 is 9.80 Å². The number of benzene rings is 2. The van der Waals surface area contributed by atoms with Crippen LogP contribution in [0.2, 0.25) is 0 Å². The number of hydrogen-bond donors (Lipinski definition) is 1. The molecule has 0 spiro atoms. The minimum Gasteiger partial charge on any atom is -0.336 e. The van der Waals surface area contributed by atoms with Crippen molar-refractivity contribution in [3.05, 3.63) is 60.2 Å². The van der Waals surface area contributed by atoms with Crippen molar-refractivity contribution in [1.82, 2.24) is 29.8 Å². The van der Waals surface area contributed by atoms with E-state index in [1.807, 2.05) is 35.2 Å². The quantitative estimate of drug-likeness (QED) is 0.605. The van der Waals surface area contributed by atoms with Gasteiger partial charge in [0.25, 0.3) is 5.91 Å². The summed E-state index contributed by atoms with van der Waals surface area (Å²) in [6.45, 7) is 4.22. The van der Waals surface area contributed by atoms with Gasteiger partial charge in [-0.3, -0.25) is 4.79 Å². The van der Waals surface area contributed by atoms with Crippen LogP contribution in [0.1, 0.15) is 17.3 Å². The van der Waals surface area contributed by atoms with Crippen molar-refractivity contribution in [2.45, 2.75) is 11.8 Å². The standard InChI is InChI=1S/C20H23N7O3S/c1-2-21-31(29,30)18-10-8-16(9-11-18)19(28)25-12-14-26(15-13-25)20-22-23-24-27(20)17-6-4-3-5-7-17/h3-11,21H,2,12-15H2,1H3. The summed E-state index contributed by atoms with van der Waals surface area (Å²) in [5, 5.41) is 12.0. The van der Waals surface area contributed by atoms with E-state index in [9.17, 15) is 13.2 Å². The molecular weight excluding hydrogens is 418 g/mol. The van der Waals surface area contributed by atoms with E-state index in [1.165, 1.54) is 12.1 Å². The number of tetrazole rings is 1. The fourth-order valence-corrected chi connectivity index (χ4v) is 4.50. The van der Waals surface area contributed by atoms with Crippen molar-refractivity contribution in [2.75, 3.05) is 37.6 Å². The third-order valence-corrected chi connectivity index (χ3v) is 6.61. The van der Waals surface area contributed by atoms with Gasteiger partial charge in [0.1, 0.15) is 0 Å². The molecule has 0 radical (unpaired) electrons. The highest BCUT2D eigenvalue weighted by Crippen LogP contribution is 2.18. The average Bonchev–Trinajstić information content (AvgIpc) is 3.29. The number of piperazine rings is 1. The summed E-state index contributed by atoms with van der Waals surface area (Å²) in [5.41, 5.74) is 1.33. The van der Waals surface area contributed by atoms with Crippen LogP contribution in [-0.2, 0) is 10.0 Å². The zero-order valence-electron chi connectivity index (χ0n) is 17.0. The van der Waals surface area contributed by atoms with E-state index in [0.29, 0.717) is 44.2 Å². The molecule has 0 saturated carbocycles. The van der Waals surface area contributed by atoms with E-state index >= 15 is 0 Å². The monoisotopic (exact) mass is 441 g/mol. The van der Waals surface area contributed by atoms with Crippen LogP contribution < -0.4 is 9.62 Å². The molecule has 4 rings (SSSR count). The van der Waals surface area contributed by atoms with Gasteiger partial charge in [0, 0.05) is 38.3 Å². The highest BCUT2D eigenvalue weighted by Gasteiger charge is 2.26. The minimum atomic E-state index is -3.54. The molecule has 11 heteroatoms. The van der Waals surface area contributed by atoms with Crippen molar-refractivity contribution in [1.29, 1.82) is 0 Å². The van der Waals surface area contributed by atoms with E-state index in [-0.39, 0.29) is 10.8 Å². The molecule has 2 heterocycles. The lowest BCUT2D eigenvalue weighted by Gasteiger charge is -2.34. The maximum atomic E-state index is 12.9.